The van der Waals surface area contributed by atoms with Crippen LogP contribution in [-0.2, 0) is 17.7 Å². The predicted octanol–water partition coefficient (Wildman–Crippen LogP) is 2.11. The lowest BCUT2D eigenvalue weighted by molar-refractivity contribution is -0.136. The van der Waals surface area contributed by atoms with Gasteiger partial charge in [0, 0.05) is 34.4 Å². The maximum Gasteiger partial charge on any atom is 0.678 e. The van der Waals surface area contributed by atoms with Gasteiger partial charge < -0.3 is 17.7 Å². The molecule has 0 bridgehead atoms. The second-order valence-corrected chi connectivity index (χ2v) is 5.55. The summed E-state index contributed by atoms with van der Waals surface area (Å²) in [6, 6.07) is 0. The molecule has 0 saturated carbocycles. The van der Waals surface area contributed by atoms with Crippen molar-refractivity contribution in [3.8, 4) is 0 Å². The summed E-state index contributed by atoms with van der Waals surface area (Å²) in [5, 5.41) is 0. The van der Waals surface area contributed by atoms with Crippen molar-refractivity contribution in [1.29, 1.82) is 0 Å². The van der Waals surface area contributed by atoms with Crippen LogP contribution in [0, 0.1) is 0 Å². The molecule has 0 aliphatic carbocycles. The molecular formula is C8H17F3O4Si. The van der Waals surface area contributed by atoms with Crippen molar-refractivity contribution in [2.45, 2.75) is 25.4 Å². The minimum atomic E-state index is -4.11. The highest BCUT2D eigenvalue weighted by Gasteiger charge is 2.42. The van der Waals surface area contributed by atoms with Crippen molar-refractivity contribution in [3.05, 3.63) is 0 Å². The summed E-state index contributed by atoms with van der Waals surface area (Å²) in [6.07, 6.45) is -4.62. The van der Waals surface area contributed by atoms with E-state index in [0.29, 0.717) is 0 Å². The van der Waals surface area contributed by atoms with Crippen LogP contribution in [0.1, 0.15) is 19.3 Å². The summed E-state index contributed by atoms with van der Waals surface area (Å²) in [7, 11) is 1.02. The van der Waals surface area contributed by atoms with Crippen LogP contribution in [0.15, 0.2) is 0 Å². The number of hydrogen-bond donors (Lipinski definition) is 0. The van der Waals surface area contributed by atoms with E-state index in [-0.39, 0.29) is 19.4 Å². The lowest BCUT2D eigenvalue weighted by atomic mass is 10.2. The largest absolute Gasteiger partial charge is 0.678 e. The number of unbranched alkanes of at least 4 members (excludes halogenated alkanes) is 1. The smallest absolute Gasteiger partial charge is 0.355 e. The van der Waals surface area contributed by atoms with E-state index >= 15 is 0 Å². The Hall–Kier alpha value is -0.153. The van der Waals surface area contributed by atoms with E-state index in [0.717, 1.165) is 0 Å². The zero-order valence-corrected chi connectivity index (χ0v) is 10.6. The van der Waals surface area contributed by atoms with Crippen LogP contribution >= 0.6 is 0 Å². The third kappa shape index (κ3) is 6.43. The molecule has 8 heteroatoms. The van der Waals surface area contributed by atoms with E-state index in [4.69, 9.17) is 17.7 Å². The van der Waals surface area contributed by atoms with E-state index in [1.807, 2.05) is 0 Å². The van der Waals surface area contributed by atoms with E-state index in [2.05, 4.69) is 0 Å². The van der Waals surface area contributed by atoms with Crippen LogP contribution in [0.2, 0.25) is 0 Å². The molecule has 0 radical (unpaired) electrons. The molecule has 0 aromatic rings. The summed E-state index contributed by atoms with van der Waals surface area (Å²) < 4.78 is 55.4. The van der Waals surface area contributed by atoms with Crippen LogP contribution in [0.25, 0.3) is 0 Å². The van der Waals surface area contributed by atoms with Crippen LogP contribution in [0.5, 0.6) is 0 Å². The van der Waals surface area contributed by atoms with Gasteiger partial charge in [0.15, 0.2) is 0 Å². The van der Waals surface area contributed by atoms with Gasteiger partial charge >= 0.3 is 15.2 Å². The van der Waals surface area contributed by atoms with Gasteiger partial charge in [0.2, 0.25) is 0 Å². The van der Waals surface area contributed by atoms with Crippen molar-refractivity contribution >= 4 is 9.05 Å². The zero-order chi connectivity index (χ0) is 12.7. The molecule has 98 valence electrons. The highest BCUT2D eigenvalue weighted by Crippen LogP contribution is 2.22. The summed E-state index contributed by atoms with van der Waals surface area (Å²) >= 11 is 0. The van der Waals surface area contributed by atoms with Gasteiger partial charge in [-0.05, 0) is 12.8 Å². The van der Waals surface area contributed by atoms with Gasteiger partial charge in [0.25, 0.3) is 0 Å². The number of hydrogen-bond acceptors (Lipinski definition) is 4. The van der Waals surface area contributed by atoms with Gasteiger partial charge in [-0.3, -0.25) is 0 Å². The van der Waals surface area contributed by atoms with Gasteiger partial charge in [0.1, 0.15) is 0 Å². The van der Waals surface area contributed by atoms with Crippen LogP contribution in [0.4, 0.5) is 13.2 Å². The Labute approximate surface area is 94.1 Å². The standard InChI is InChI=1S/C8H17F3O4Si/c1-12-16(13-2,14-3)15-7-5-4-6-8(9,10)11/h4-7H2,1-3H3. The van der Waals surface area contributed by atoms with Crippen molar-refractivity contribution < 1.29 is 30.9 Å². The zero-order valence-electron chi connectivity index (χ0n) is 9.60. The Morgan fingerprint density at radius 1 is 0.938 bits per heavy atom. The van der Waals surface area contributed by atoms with Crippen LogP contribution in [-0.4, -0.2) is 43.2 Å². The molecule has 0 aliphatic heterocycles. The quantitative estimate of drug-likeness (QED) is 0.496. The topological polar surface area (TPSA) is 36.9 Å². The average Bonchev–Trinajstić information content (AvgIpc) is 2.23. The molecular weight excluding hydrogens is 245 g/mol. The molecule has 0 unspecified atom stereocenters. The van der Waals surface area contributed by atoms with Gasteiger partial charge in [-0.25, -0.2) is 0 Å². The Kier molecular flexibility index (Phi) is 7.16. The first-order chi connectivity index (χ1) is 7.39. The SMILES string of the molecule is CO[Si](OC)(OC)OCCCCC(F)(F)F. The van der Waals surface area contributed by atoms with E-state index in [1.165, 1.54) is 21.3 Å². The molecule has 0 atom stereocenters. The van der Waals surface area contributed by atoms with Crippen LogP contribution < -0.4 is 0 Å². The highest BCUT2D eigenvalue weighted by atomic mass is 28.4. The molecule has 0 rings (SSSR count). The highest BCUT2D eigenvalue weighted by molar-refractivity contribution is 6.53. The molecule has 0 N–H and O–H groups in total. The lowest BCUT2D eigenvalue weighted by Gasteiger charge is -2.22. The molecule has 0 saturated heterocycles. The first-order valence-corrected chi connectivity index (χ1v) is 6.38. The fraction of sp³-hybridized carbons (Fsp3) is 1.00. The molecule has 0 aromatic carbocycles. The molecule has 0 aliphatic rings. The Bertz CT molecular complexity index is 176. The van der Waals surface area contributed by atoms with Gasteiger partial charge in [-0.1, -0.05) is 0 Å². The number of rotatable bonds is 8. The monoisotopic (exact) mass is 262 g/mol. The molecule has 0 amide bonds. The van der Waals surface area contributed by atoms with Gasteiger partial charge in [-0.2, -0.15) is 13.2 Å². The summed E-state index contributed by atoms with van der Waals surface area (Å²) in [5.41, 5.74) is 0. The molecule has 0 aromatic heterocycles. The molecule has 16 heavy (non-hydrogen) atoms. The second kappa shape index (κ2) is 7.23. The van der Waals surface area contributed by atoms with Gasteiger partial charge in [-0.15, -0.1) is 0 Å². The molecule has 0 spiro atoms. The Morgan fingerprint density at radius 2 is 1.44 bits per heavy atom. The van der Waals surface area contributed by atoms with E-state index in [9.17, 15) is 13.2 Å². The van der Waals surface area contributed by atoms with Crippen molar-refractivity contribution in [2.75, 3.05) is 27.9 Å². The van der Waals surface area contributed by atoms with E-state index in [1.54, 1.807) is 0 Å². The first-order valence-electron chi connectivity index (χ1n) is 4.75. The third-order valence-corrected chi connectivity index (χ3v) is 3.94. The van der Waals surface area contributed by atoms with E-state index < -0.39 is 21.6 Å². The summed E-state index contributed by atoms with van der Waals surface area (Å²) in [4.78, 5) is 0. The minimum absolute atomic E-state index is 0.0190. The number of alkyl halides is 3. The Morgan fingerprint density at radius 3 is 1.81 bits per heavy atom. The molecule has 0 fully saturated rings. The van der Waals surface area contributed by atoms with Crippen molar-refractivity contribution in [1.82, 2.24) is 0 Å². The lowest BCUT2D eigenvalue weighted by Crippen LogP contribution is -2.46. The van der Waals surface area contributed by atoms with Gasteiger partial charge in [0.05, 0.1) is 0 Å². The number of halogens is 3. The van der Waals surface area contributed by atoms with Crippen molar-refractivity contribution in [2.24, 2.45) is 0 Å². The fourth-order valence-corrected chi connectivity index (χ4v) is 2.30. The minimum Gasteiger partial charge on any atom is -0.355 e. The second-order valence-electron chi connectivity index (χ2n) is 3.03. The van der Waals surface area contributed by atoms with Crippen molar-refractivity contribution in [3.63, 3.8) is 0 Å². The normalized spacial score (nSPS) is 13.1. The summed E-state index contributed by atoms with van der Waals surface area (Å²) in [5.74, 6) is 0. The first kappa shape index (κ1) is 15.8. The fourth-order valence-electron chi connectivity index (χ4n) is 1.05. The Balaban J connectivity index is 3.71. The maximum atomic E-state index is 11.8. The third-order valence-electron chi connectivity index (χ3n) is 1.88. The predicted molar refractivity (Wildman–Crippen MR) is 52.6 cm³/mol. The maximum absolute atomic E-state index is 11.8. The summed E-state index contributed by atoms with van der Waals surface area (Å²) in [6.45, 7) is 0.123. The molecule has 4 nitrogen and oxygen atoms in total. The molecule has 0 heterocycles. The average molecular weight is 262 g/mol. The van der Waals surface area contributed by atoms with Crippen LogP contribution in [0.3, 0.4) is 0 Å².